The Hall–Kier alpha value is -2.92. The largest absolute Gasteiger partial charge is 0.325 e. The average Bonchev–Trinajstić information content (AvgIpc) is 3.26. The second-order valence-corrected chi connectivity index (χ2v) is 9.47. The van der Waals surface area contributed by atoms with Gasteiger partial charge in [0.2, 0.25) is 5.91 Å². The van der Waals surface area contributed by atoms with Gasteiger partial charge in [-0.2, -0.15) is 0 Å². The van der Waals surface area contributed by atoms with Gasteiger partial charge in [-0.15, -0.1) is 11.3 Å². The van der Waals surface area contributed by atoms with Crippen LogP contribution in [0.15, 0.2) is 12.3 Å². The summed E-state index contributed by atoms with van der Waals surface area (Å²) < 4.78 is 0. The molecule has 0 bridgehead atoms. The molecule has 0 aromatic carbocycles. The summed E-state index contributed by atoms with van der Waals surface area (Å²) in [6, 6.07) is 1.53. The van der Waals surface area contributed by atoms with Crippen molar-refractivity contribution in [2.75, 3.05) is 18.4 Å². The molecule has 0 unspecified atom stereocenters. The van der Waals surface area contributed by atoms with Gasteiger partial charge in [0.25, 0.3) is 5.91 Å². The number of carbonyl (C=O) groups excluding carboxylic acids is 3. The van der Waals surface area contributed by atoms with Crippen LogP contribution in [0.5, 0.6) is 0 Å². The molecule has 1 atom stereocenters. The summed E-state index contributed by atoms with van der Waals surface area (Å²) in [5.74, 6) is 0.286. The molecule has 1 spiro atoms. The number of likely N-dealkylation sites (tertiary alicyclic amines) is 1. The number of urea groups is 1. The lowest BCUT2D eigenvalue weighted by Crippen LogP contribution is -2.55. The first-order chi connectivity index (χ1) is 15.2. The molecule has 0 radical (unpaired) electrons. The summed E-state index contributed by atoms with van der Waals surface area (Å²) in [6.07, 6.45) is 2.86. The predicted octanol–water partition coefficient (Wildman–Crippen LogP) is 2.16. The van der Waals surface area contributed by atoms with E-state index in [-0.39, 0.29) is 30.4 Å². The maximum absolute atomic E-state index is 13.3. The molecule has 2 aromatic heterocycles. The fourth-order valence-corrected chi connectivity index (χ4v) is 5.30. The number of nitrogens with one attached hydrogen (secondary N) is 2. The molecular weight excluding hydrogens is 430 g/mol. The summed E-state index contributed by atoms with van der Waals surface area (Å²) in [6.45, 7) is 8.68. The van der Waals surface area contributed by atoms with E-state index in [0.717, 1.165) is 10.6 Å². The quantitative estimate of drug-likeness (QED) is 0.660. The Morgan fingerprint density at radius 1 is 1.28 bits per heavy atom. The van der Waals surface area contributed by atoms with Crippen molar-refractivity contribution in [3.05, 3.63) is 34.4 Å². The first-order valence-corrected chi connectivity index (χ1v) is 11.4. The molecule has 11 heteroatoms. The molecule has 32 heavy (non-hydrogen) atoms. The first-order valence-electron chi connectivity index (χ1n) is 10.6. The van der Waals surface area contributed by atoms with Gasteiger partial charge in [-0.1, -0.05) is 0 Å². The van der Waals surface area contributed by atoms with Crippen molar-refractivity contribution in [1.29, 1.82) is 0 Å². The SMILES string of the molecule is CC(=O)Nc1ncc([C@H](C)N2CCC3(CC2)NC(=O)N(Cc2cc(C)nc(C)n2)C3=O)s1. The number of piperidine rings is 1. The molecule has 2 N–H and O–H groups in total. The van der Waals surface area contributed by atoms with Gasteiger partial charge in [-0.25, -0.2) is 19.7 Å². The number of nitrogens with zero attached hydrogens (tertiary/aromatic N) is 5. The number of rotatable bonds is 5. The second-order valence-electron chi connectivity index (χ2n) is 8.41. The van der Waals surface area contributed by atoms with Gasteiger partial charge in [0, 0.05) is 42.8 Å². The molecule has 0 saturated carbocycles. The van der Waals surface area contributed by atoms with E-state index in [4.69, 9.17) is 0 Å². The van der Waals surface area contributed by atoms with E-state index in [9.17, 15) is 14.4 Å². The number of hydrogen-bond donors (Lipinski definition) is 2. The number of anilines is 1. The number of aromatic nitrogens is 3. The number of hydrogen-bond acceptors (Lipinski definition) is 8. The standard InChI is InChI=1S/C21H27N7O3S/c1-12-9-16(24-14(3)23-12)11-28-18(30)21(26-20(28)31)5-7-27(8-6-21)13(2)17-10-22-19(32-17)25-15(4)29/h9-10,13H,5-8,11H2,1-4H3,(H,26,31)(H,22,25,29)/t13-/m0/s1. The Kier molecular flexibility index (Phi) is 5.95. The Labute approximate surface area is 190 Å². The molecule has 2 saturated heterocycles. The summed E-state index contributed by atoms with van der Waals surface area (Å²) in [4.78, 5) is 54.6. The van der Waals surface area contributed by atoms with E-state index in [1.807, 2.05) is 6.92 Å². The van der Waals surface area contributed by atoms with E-state index in [0.29, 0.717) is 42.6 Å². The van der Waals surface area contributed by atoms with Gasteiger partial charge in [-0.3, -0.25) is 19.4 Å². The Balaban J connectivity index is 1.41. The minimum Gasteiger partial charge on any atom is -0.323 e. The van der Waals surface area contributed by atoms with Crippen LogP contribution in [0.2, 0.25) is 0 Å². The summed E-state index contributed by atoms with van der Waals surface area (Å²) >= 11 is 1.45. The van der Waals surface area contributed by atoms with Gasteiger partial charge in [0.05, 0.1) is 12.2 Å². The third-order valence-corrected chi connectivity index (χ3v) is 7.09. The molecule has 0 aliphatic carbocycles. The van der Waals surface area contributed by atoms with Crippen LogP contribution in [0, 0.1) is 13.8 Å². The summed E-state index contributed by atoms with van der Waals surface area (Å²) in [5, 5.41) is 6.24. The lowest BCUT2D eigenvalue weighted by molar-refractivity contribution is -0.133. The zero-order valence-corrected chi connectivity index (χ0v) is 19.5. The lowest BCUT2D eigenvalue weighted by Gasteiger charge is -2.39. The van der Waals surface area contributed by atoms with Gasteiger partial charge in [0.1, 0.15) is 11.4 Å². The highest BCUT2D eigenvalue weighted by molar-refractivity contribution is 7.15. The minimum absolute atomic E-state index is 0.0997. The summed E-state index contributed by atoms with van der Waals surface area (Å²) in [7, 11) is 0. The molecule has 2 aliphatic rings. The fraction of sp³-hybridized carbons (Fsp3) is 0.524. The zero-order chi connectivity index (χ0) is 23.0. The van der Waals surface area contributed by atoms with Crippen LogP contribution >= 0.6 is 11.3 Å². The van der Waals surface area contributed by atoms with Crippen molar-refractivity contribution >= 4 is 34.3 Å². The van der Waals surface area contributed by atoms with Crippen LogP contribution in [0.3, 0.4) is 0 Å². The molecule has 4 rings (SSSR count). The predicted molar refractivity (Wildman–Crippen MR) is 119 cm³/mol. The highest BCUT2D eigenvalue weighted by Crippen LogP contribution is 2.35. The van der Waals surface area contributed by atoms with Crippen LogP contribution in [0.25, 0.3) is 0 Å². The van der Waals surface area contributed by atoms with Crippen molar-refractivity contribution in [1.82, 2.24) is 30.1 Å². The number of thiazole rings is 1. The normalized spacial score (nSPS) is 19.3. The smallest absolute Gasteiger partial charge is 0.323 e. The number of carbonyl (C=O) groups is 3. The van der Waals surface area contributed by atoms with Gasteiger partial charge in [0.15, 0.2) is 5.13 Å². The highest BCUT2D eigenvalue weighted by atomic mass is 32.1. The molecular formula is C21H27N7O3S. The van der Waals surface area contributed by atoms with Gasteiger partial charge >= 0.3 is 6.03 Å². The topological polar surface area (TPSA) is 120 Å². The number of amides is 4. The van der Waals surface area contributed by atoms with Gasteiger partial charge < -0.3 is 10.6 Å². The highest BCUT2D eigenvalue weighted by Gasteiger charge is 2.52. The summed E-state index contributed by atoms with van der Waals surface area (Å²) in [5.41, 5.74) is 0.600. The minimum atomic E-state index is -0.862. The maximum atomic E-state index is 13.3. The van der Waals surface area contributed by atoms with Crippen molar-refractivity contribution in [3.63, 3.8) is 0 Å². The molecule has 4 amide bonds. The third kappa shape index (κ3) is 4.35. The Morgan fingerprint density at radius 2 is 2.00 bits per heavy atom. The molecule has 2 aromatic rings. The van der Waals surface area contributed by atoms with Crippen LogP contribution < -0.4 is 10.6 Å². The van der Waals surface area contributed by atoms with Crippen LogP contribution in [-0.2, 0) is 16.1 Å². The van der Waals surface area contributed by atoms with E-state index < -0.39 is 5.54 Å². The van der Waals surface area contributed by atoms with Crippen molar-refractivity contribution in [2.45, 2.75) is 58.7 Å². The van der Waals surface area contributed by atoms with E-state index in [1.54, 1.807) is 19.2 Å². The van der Waals surface area contributed by atoms with E-state index in [2.05, 4.69) is 37.4 Å². The van der Waals surface area contributed by atoms with Crippen molar-refractivity contribution in [2.24, 2.45) is 0 Å². The molecule has 2 aliphatic heterocycles. The second kappa shape index (κ2) is 8.55. The van der Waals surface area contributed by atoms with E-state index >= 15 is 0 Å². The fourth-order valence-electron chi connectivity index (χ4n) is 4.36. The van der Waals surface area contributed by atoms with Crippen molar-refractivity contribution < 1.29 is 14.4 Å². The monoisotopic (exact) mass is 457 g/mol. The van der Waals surface area contributed by atoms with E-state index in [1.165, 1.54) is 23.2 Å². The van der Waals surface area contributed by atoms with Crippen molar-refractivity contribution in [3.8, 4) is 0 Å². The number of aryl methyl sites for hydroxylation is 2. The Morgan fingerprint density at radius 3 is 2.66 bits per heavy atom. The molecule has 4 heterocycles. The average molecular weight is 458 g/mol. The molecule has 170 valence electrons. The third-order valence-electron chi connectivity index (χ3n) is 6.00. The maximum Gasteiger partial charge on any atom is 0.325 e. The Bertz CT molecular complexity index is 1040. The number of imide groups is 1. The first kappa shape index (κ1) is 22.3. The van der Waals surface area contributed by atoms with Gasteiger partial charge in [-0.05, 0) is 39.7 Å². The van der Waals surface area contributed by atoms with Crippen LogP contribution in [0.1, 0.15) is 54.8 Å². The lowest BCUT2D eigenvalue weighted by atomic mass is 9.87. The van der Waals surface area contributed by atoms with Crippen LogP contribution in [-0.4, -0.2) is 61.2 Å². The molecule has 2 fully saturated rings. The zero-order valence-electron chi connectivity index (χ0n) is 18.6. The molecule has 10 nitrogen and oxygen atoms in total. The van der Waals surface area contributed by atoms with Crippen LogP contribution in [0.4, 0.5) is 9.93 Å².